The van der Waals surface area contributed by atoms with Crippen LogP contribution in [-0.4, -0.2) is 23.7 Å². The zero-order valence-electron chi connectivity index (χ0n) is 9.63. The van der Waals surface area contributed by atoms with Gasteiger partial charge in [0.15, 0.2) is 0 Å². The van der Waals surface area contributed by atoms with E-state index < -0.39 is 0 Å². The molecule has 0 bridgehead atoms. The van der Waals surface area contributed by atoms with Crippen molar-refractivity contribution in [2.24, 2.45) is 5.73 Å². The molecule has 3 nitrogen and oxygen atoms in total. The topological polar surface area (TPSA) is 47.3 Å². The largest absolute Gasteiger partial charge is 0.389 e. The van der Waals surface area contributed by atoms with Crippen LogP contribution in [0.4, 0.5) is 5.69 Å². The highest BCUT2D eigenvalue weighted by Crippen LogP contribution is 2.27. The Kier molecular flexibility index (Phi) is 3.70. The first-order valence-electron chi connectivity index (χ1n) is 5.45. The van der Waals surface area contributed by atoms with Crippen molar-refractivity contribution in [2.45, 2.75) is 18.9 Å². The molecule has 0 aromatic heterocycles. The van der Waals surface area contributed by atoms with Gasteiger partial charge >= 0.3 is 0 Å². The van der Waals surface area contributed by atoms with Gasteiger partial charge in [0.25, 0.3) is 0 Å². The van der Waals surface area contributed by atoms with Crippen LogP contribution in [0.5, 0.6) is 0 Å². The van der Waals surface area contributed by atoms with Crippen molar-refractivity contribution in [1.82, 2.24) is 0 Å². The Morgan fingerprint density at radius 1 is 1.59 bits per heavy atom. The Morgan fingerprint density at radius 2 is 2.35 bits per heavy atom. The lowest BCUT2D eigenvalue weighted by molar-refractivity contribution is 0.185. The van der Waals surface area contributed by atoms with Gasteiger partial charge in [0, 0.05) is 22.3 Å². The fourth-order valence-corrected chi connectivity index (χ4v) is 2.81. The molecule has 1 fully saturated rings. The molecule has 2 rings (SSSR count). The second-order valence-corrected chi connectivity index (χ2v) is 5.84. The van der Waals surface area contributed by atoms with Gasteiger partial charge in [0.1, 0.15) is 4.99 Å². The van der Waals surface area contributed by atoms with Crippen LogP contribution >= 0.6 is 28.1 Å². The van der Waals surface area contributed by atoms with Crippen LogP contribution < -0.4 is 11.1 Å². The van der Waals surface area contributed by atoms with E-state index in [0.29, 0.717) is 4.99 Å². The maximum absolute atomic E-state index is 5.62. The lowest BCUT2D eigenvalue weighted by Crippen LogP contribution is -2.34. The highest BCUT2D eigenvalue weighted by Gasteiger charge is 2.29. The number of hydrogen-bond donors (Lipinski definition) is 2. The van der Waals surface area contributed by atoms with E-state index in [1.54, 1.807) is 0 Å². The summed E-state index contributed by atoms with van der Waals surface area (Å²) in [6.45, 7) is 3.71. The Morgan fingerprint density at radius 3 is 2.88 bits per heavy atom. The van der Waals surface area contributed by atoms with E-state index in [1.807, 2.05) is 18.2 Å². The summed E-state index contributed by atoms with van der Waals surface area (Å²) in [6, 6.07) is 5.91. The van der Waals surface area contributed by atoms with Crippen molar-refractivity contribution >= 4 is 38.8 Å². The minimum atomic E-state index is 0.0180. The number of nitrogens with two attached hydrogens (primary N) is 1. The third-order valence-electron chi connectivity index (χ3n) is 2.90. The van der Waals surface area contributed by atoms with Crippen molar-refractivity contribution in [3.8, 4) is 0 Å². The van der Waals surface area contributed by atoms with Gasteiger partial charge in [-0.05, 0) is 47.5 Å². The second kappa shape index (κ2) is 4.92. The average molecular weight is 315 g/mol. The zero-order valence-corrected chi connectivity index (χ0v) is 12.0. The van der Waals surface area contributed by atoms with Crippen molar-refractivity contribution in [2.75, 3.05) is 18.5 Å². The predicted octanol–water partition coefficient (Wildman–Crippen LogP) is 2.67. The van der Waals surface area contributed by atoms with Crippen LogP contribution in [-0.2, 0) is 4.74 Å². The lowest BCUT2D eigenvalue weighted by Gasteiger charge is -2.25. The molecule has 0 aliphatic carbocycles. The summed E-state index contributed by atoms with van der Waals surface area (Å²) >= 11 is 8.44. The summed E-state index contributed by atoms with van der Waals surface area (Å²) in [6.07, 6.45) is 1.02. The van der Waals surface area contributed by atoms with Crippen LogP contribution in [0.25, 0.3) is 0 Å². The summed E-state index contributed by atoms with van der Waals surface area (Å²) in [5, 5.41) is 3.49. The van der Waals surface area contributed by atoms with Crippen molar-refractivity contribution < 1.29 is 4.74 Å². The third kappa shape index (κ3) is 2.97. The number of ether oxygens (including phenoxy) is 1. The molecule has 1 heterocycles. The number of thiocarbonyl (C=S) groups is 1. The van der Waals surface area contributed by atoms with E-state index >= 15 is 0 Å². The molecule has 0 saturated carbocycles. The molecule has 1 unspecified atom stereocenters. The molecule has 5 heteroatoms. The van der Waals surface area contributed by atoms with Crippen LogP contribution in [0.2, 0.25) is 0 Å². The summed E-state index contributed by atoms with van der Waals surface area (Å²) in [5.41, 5.74) is 7.54. The molecule has 92 valence electrons. The first-order chi connectivity index (χ1) is 8.00. The molecule has 0 amide bonds. The van der Waals surface area contributed by atoms with E-state index in [2.05, 4.69) is 28.2 Å². The van der Waals surface area contributed by atoms with Crippen molar-refractivity contribution in [3.63, 3.8) is 0 Å². The SMILES string of the molecule is CC1(Nc2ccc(C(N)=S)c(Br)c2)CCOC1. The van der Waals surface area contributed by atoms with Crippen LogP contribution in [0.1, 0.15) is 18.9 Å². The van der Waals surface area contributed by atoms with E-state index in [1.165, 1.54) is 0 Å². The molecule has 1 aliphatic rings. The zero-order chi connectivity index (χ0) is 12.5. The maximum Gasteiger partial charge on any atom is 0.105 e. The molecule has 0 radical (unpaired) electrons. The lowest BCUT2D eigenvalue weighted by atomic mass is 10.0. The molecule has 0 spiro atoms. The van der Waals surface area contributed by atoms with Gasteiger partial charge in [-0.1, -0.05) is 12.2 Å². The van der Waals surface area contributed by atoms with Gasteiger partial charge in [0.2, 0.25) is 0 Å². The molecule has 1 aliphatic heterocycles. The smallest absolute Gasteiger partial charge is 0.105 e. The highest BCUT2D eigenvalue weighted by molar-refractivity contribution is 9.10. The van der Waals surface area contributed by atoms with Crippen LogP contribution in [0.15, 0.2) is 22.7 Å². The van der Waals surface area contributed by atoms with Gasteiger partial charge in [-0.15, -0.1) is 0 Å². The van der Waals surface area contributed by atoms with Gasteiger partial charge in [-0.2, -0.15) is 0 Å². The highest BCUT2D eigenvalue weighted by atomic mass is 79.9. The molecule has 3 N–H and O–H groups in total. The van der Waals surface area contributed by atoms with Gasteiger partial charge in [-0.25, -0.2) is 0 Å². The fraction of sp³-hybridized carbons (Fsp3) is 0.417. The molecule has 1 atom stereocenters. The summed E-state index contributed by atoms with van der Waals surface area (Å²) in [5.74, 6) is 0. The molecule has 1 saturated heterocycles. The van der Waals surface area contributed by atoms with Crippen molar-refractivity contribution in [3.05, 3.63) is 28.2 Å². The molecule has 17 heavy (non-hydrogen) atoms. The fourth-order valence-electron chi connectivity index (χ4n) is 1.91. The Labute approximate surface area is 115 Å². The van der Waals surface area contributed by atoms with Crippen LogP contribution in [0.3, 0.4) is 0 Å². The Balaban J connectivity index is 2.17. The first kappa shape index (κ1) is 12.8. The molecule has 1 aromatic rings. The third-order valence-corrected chi connectivity index (χ3v) is 3.78. The number of rotatable bonds is 3. The molecule has 1 aromatic carbocycles. The van der Waals surface area contributed by atoms with E-state index in [-0.39, 0.29) is 5.54 Å². The average Bonchev–Trinajstić information content (AvgIpc) is 2.64. The van der Waals surface area contributed by atoms with Gasteiger partial charge in [-0.3, -0.25) is 0 Å². The normalized spacial score (nSPS) is 23.6. The number of nitrogens with one attached hydrogen (secondary N) is 1. The molecular weight excluding hydrogens is 300 g/mol. The number of anilines is 1. The first-order valence-corrected chi connectivity index (χ1v) is 6.66. The Bertz CT molecular complexity index is 444. The summed E-state index contributed by atoms with van der Waals surface area (Å²) < 4.78 is 6.32. The van der Waals surface area contributed by atoms with Crippen LogP contribution in [0, 0.1) is 0 Å². The van der Waals surface area contributed by atoms with E-state index in [0.717, 1.165) is 35.4 Å². The predicted molar refractivity (Wildman–Crippen MR) is 77.5 cm³/mol. The minimum Gasteiger partial charge on any atom is -0.389 e. The number of halogens is 1. The quantitative estimate of drug-likeness (QED) is 0.842. The standard InChI is InChI=1S/C12H15BrN2OS/c1-12(4-5-16-7-12)15-8-2-3-9(11(14)17)10(13)6-8/h2-3,6,15H,4-5,7H2,1H3,(H2,14,17). The van der Waals surface area contributed by atoms with E-state index in [9.17, 15) is 0 Å². The second-order valence-electron chi connectivity index (χ2n) is 4.55. The van der Waals surface area contributed by atoms with E-state index in [4.69, 9.17) is 22.7 Å². The maximum atomic E-state index is 5.62. The van der Waals surface area contributed by atoms with Gasteiger partial charge in [0.05, 0.1) is 12.1 Å². The monoisotopic (exact) mass is 314 g/mol. The van der Waals surface area contributed by atoms with Crippen molar-refractivity contribution in [1.29, 1.82) is 0 Å². The minimum absolute atomic E-state index is 0.0180. The summed E-state index contributed by atoms with van der Waals surface area (Å²) in [4.78, 5) is 0.402. The number of benzene rings is 1. The number of hydrogen-bond acceptors (Lipinski definition) is 3. The molecular formula is C12H15BrN2OS. The Hall–Kier alpha value is -0.650. The summed E-state index contributed by atoms with van der Waals surface area (Å²) in [7, 11) is 0. The van der Waals surface area contributed by atoms with Gasteiger partial charge < -0.3 is 15.8 Å².